The Morgan fingerprint density at radius 1 is 1.19 bits per heavy atom. The summed E-state index contributed by atoms with van der Waals surface area (Å²) in [7, 11) is 0. The van der Waals surface area contributed by atoms with Gasteiger partial charge in [0, 0.05) is 17.6 Å². The fraction of sp³-hybridized carbons (Fsp3) is 0.421. The molecule has 0 unspecified atom stereocenters. The van der Waals surface area contributed by atoms with Gasteiger partial charge in [-0.25, -0.2) is 0 Å². The Hall–Kier alpha value is -2.67. The Bertz CT molecular complexity index is 772. The number of benzene rings is 1. The van der Waals surface area contributed by atoms with Gasteiger partial charge in [0.15, 0.2) is 0 Å². The second kappa shape index (κ2) is 8.14. The first-order chi connectivity index (χ1) is 12.6. The molecule has 0 spiro atoms. The van der Waals surface area contributed by atoms with Crippen LogP contribution in [-0.2, 0) is 4.79 Å². The second-order valence-corrected chi connectivity index (χ2v) is 6.59. The van der Waals surface area contributed by atoms with Crippen LogP contribution in [0.4, 0.5) is 0 Å². The summed E-state index contributed by atoms with van der Waals surface area (Å²) >= 11 is 0. The molecule has 138 valence electrons. The zero-order chi connectivity index (χ0) is 18.5. The number of aliphatic hydroxyl groups is 1. The van der Waals surface area contributed by atoms with Gasteiger partial charge in [-0.1, -0.05) is 35.5 Å². The summed E-state index contributed by atoms with van der Waals surface area (Å²) in [6.07, 6.45) is 3.24. The van der Waals surface area contributed by atoms with Crippen LogP contribution in [-0.4, -0.2) is 40.8 Å². The predicted molar refractivity (Wildman–Crippen MR) is 95.4 cm³/mol. The number of hydrogen-bond donors (Lipinski definition) is 3. The summed E-state index contributed by atoms with van der Waals surface area (Å²) in [6.45, 7) is 1.20. The lowest BCUT2D eigenvalue weighted by Gasteiger charge is -2.30. The highest BCUT2D eigenvalue weighted by Gasteiger charge is 2.27. The van der Waals surface area contributed by atoms with Gasteiger partial charge in [0.1, 0.15) is 23.6 Å². The minimum absolute atomic E-state index is 0.0362. The standard InChI is InChI=1S/C19H23N3O4/c1-12-17(18(22-26-12)13-6-3-2-4-7-13)19(25)21-15-9-5-8-14(10-15)20-16(24)11-23/h2-4,6-7,14-15,23H,5,8-11H2,1H3,(H,20,24)(H,21,25)/t14-,15+/m0/s1. The van der Waals surface area contributed by atoms with E-state index in [2.05, 4.69) is 15.8 Å². The van der Waals surface area contributed by atoms with E-state index < -0.39 is 6.61 Å². The Labute approximate surface area is 151 Å². The molecule has 1 aromatic heterocycles. The van der Waals surface area contributed by atoms with Crippen molar-refractivity contribution >= 4 is 11.8 Å². The molecule has 1 aromatic carbocycles. The van der Waals surface area contributed by atoms with Gasteiger partial charge in [-0.3, -0.25) is 9.59 Å². The van der Waals surface area contributed by atoms with E-state index in [1.54, 1.807) is 6.92 Å². The average molecular weight is 357 g/mol. The first-order valence-corrected chi connectivity index (χ1v) is 8.81. The average Bonchev–Trinajstić information content (AvgIpc) is 3.04. The zero-order valence-electron chi connectivity index (χ0n) is 14.7. The molecule has 1 fully saturated rings. The van der Waals surface area contributed by atoms with E-state index in [0.29, 0.717) is 23.4 Å². The highest BCUT2D eigenvalue weighted by molar-refractivity contribution is 6.00. The topological polar surface area (TPSA) is 104 Å². The predicted octanol–water partition coefficient (Wildman–Crippen LogP) is 1.80. The monoisotopic (exact) mass is 357 g/mol. The number of carbonyl (C=O) groups is 2. The summed E-state index contributed by atoms with van der Waals surface area (Å²) in [6, 6.07) is 9.36. The number of hydrogen-bond acceptors (Lipinski definition) is 5. The van der Waals surface area contributed by atoms with E-state index in [1.807, 2.05) is 30.3 Å². The van der Waals surface area contributed by atoms with Gasteiger partial charge >= 0.3 is 0 Å². The Balaban J connectivity index is 1.71. The van der Waals surface area contributed by atoms with E-state index in [9.17, 15) is 9.59 Å². The molecule has 1 heterocycles. The molecular weight excluding hydrogens is 334 g/mol. The van der Waals surface area contributed by atoms with Crippen LogP contribution in [0.25, 0.3) is 11.3 Å². The third kappa shape index (κ3) is 4.11. The van der Waals surface area contributed by atoms with E-state index in [4.69, 9.17) is 9.63 Å². The summed E-state index contributed by atoms with van der Waals surface area (Å²) in [5.74, 6) is -0.132. The Morgan fingerprint density at radius 3 is 2.58 bits per heavy atom. The minimum atomic E-state index is -0.520. The molecule has 1 saturated carbocycles. The fourth-order valence-corrected chi connectivity index (χ4v) is 3.42. The molecule has 2 atom stereocenters. The van der Waals surface area contributed by atoms with E-state index in [0.717, 1.165) is 24.8 Å². The van der Waals surface area contributed by atoms with Crippen molar-refractivity contribution in [2.45, 2.75) is 44.7 Å². The van der Waals surface area contributed by atoms with Gasteiger partial charge in [-0.05, 0) is 32.6 Å². The molecule has 2 aromatic rings. The Kier molecular flexibility index (Phi) is 5.68. The van der Waals surface area contributed by atoms with Crippen LogP contribution < -0.4 is 10.6 Å². The lowest BCUT2D eigenvalue weighted by molar-refractivity contribution is -0.124. The van der Waals surface area contributed by atoms with Crippen molar-refractivity contribution in [3.8, 4) is 11.3 Å². The number of nitrogens with one attached hydrogen (secondary N) is 2. The number of amides is 2. The third-order valence-corrected chi connectivity index (χ3v) is 4.66. The zero-order valence-corrected chi connectivity index (χ0v) is 14.7. The van der Waals surface area contributed by atoms with E-state index in [-0.39, 0.29) is 23.9 Å². The van der Waals surface area contributed by atoms with Gasteiger partial charge in [0.25, 0.3) is 5.91 Å². The molecule has 3 N–H and O–H groups in total. The molecule has 0 aliphatic heterocycles. The van der Waals surface area contributed by atoms with Crippen molar-refractivity contribution in [1.82, 2.24) is 15.8 Å². The van der Waals surface area contributed by atoms with Crippen molar-refractivity contribution < 1.29 is 19.2 Å². The van der Waals surface area contributed by atoms with Crippen LogP contribution in [0, 0.1) is 6.92 Å². The number of aryl methyl sites for hydroxylation is 1. The first kappa shape index (κ1) is 18.1. The highest BCUT2D eigenvalue weighted by atomic mass is 16.5. The maximum absolute atomic E-state index is 12.8. The number of aromatic nitrogens is 1. The van der Waals surface area contributed by atoms with Crippen molar-refractivity contribution in [1.29, 1.82) is 0 Å². The van der Waals surface area contributed by atoms with Crippen molar-refractivity contribution in [2.75, 3.05) is 6.61 Å². The van der Waals surface area contributed by atoms with Gasteiger partial charge in [-0.2, -0.15) is 0 Å². The third-order valence-electron chi connectivity index (χ3n) is 4.66. The molecule has 2 amide bonds. The highest BCUT2D eigenvalue weighted by Crippen LogP contribution is 2.26. The van der Waals surface area contributed by atoms with E-state index in [1.165, 1.54) is 0 Å². The quantitative estimate of drug-likeness (QED) is 0.757. The normalized spacial score (nSPS) is 19.8. The molecule has 0 radical (unpaired) electrons. The van der Waals surface area contributed by atoms with Gasteiger partial charge < -0.3 is 20.3 Å². The van der Waals surface area contributed by atoms with Crippen LogP contribution in [0.3, 0.4) is 0 Å². The lowest BCUT2D eigenvalue weighted by Crippen LogP contribution is -2.46. The summed E-state index contributed by atoms with van der Waals surface area (Å²) in [4.78, 5) is 24.2. The Morgan fingerprint density at radius 2 is 1.88 bits per heavy atom. The number of nitrogens with zero attached hydrogens (tertiary/aromatic N) is 1. The fourth-order valence-electron chi connectivity index (χ4n) is 3.42. The minimum Gasteiger partial charge on any atom is -0.387 e. The van der Waals surface area contributed by atoms with Gasteiger partial charge in [0.05, 0.1) is 0 Å². The summed E-state index contributed by atoms with van der Waals surface area (Å²) in [5.41, 5.74) is 1.80. The largest absolute Gasteiger partial charge is 0.387 e. The molecule has 0 bridgehead atoms. The maximum atomic E-state index is 12.8. The maximum Gasteiger partial charge on any atom is 0.257 e. The van der Waals surface area contributed by atoms with Crippen LogP contribution in [0.15, 0.2) is 34.9 Å². The number of carbonyl (C=O) groups excluding carboxylic acids is 2. The van der Waals surface area contributed by atoms with Gasteiger partial charge in [0.2, 0.25) is 5.91 Å². The van der Waals surface area contributed by atoms with Crippen LogP contribution >= 0.6 is 0 Å². The molecular formula is C19H23N3O4. The van der Waals surface area contributed by atoms with Crippen LogP contribution in [0.1, 0.15) is 41.8 Å². The molecule has 0 saturated heterocycles. The second-order valence-electron chi connectivity index (χ2n) is 6.59. The first-order valence-electron chi connectivity index (χ1n) is 8.81. The van der Waals surface area contributed by atoms with Crippen LogP contribution in [0.2, 0.25) is 0 Å². The number of aliphatic hydroxyl groups excluding tert-OH is 1. The SMILES string of the molecule is Cc1onc(-c2ccccc2)c1C(=O)N[C@@H]1CCC[C@H](NC(=O)CO)C1. The summed E-state index contributed by atoms with van der Waals surface area (Å²) < 4.78 is 5.25. The van der Waals surface area contributed by atoms with Crippen molar-refractivity contribution in [2.24, 2.45) is 0 Å². The van der Waals surface area contributed by atoms with Crippen LogP contribution in [0.5, 0.6) is 0 Å². The number of rotatable bonds is 5. The molecule has 26 heavy (non-hydrogen) atoms. The molecule has 3 rings (SSSR count). The molecule has 7 nitrogen and oxygen atoms in total. The lowest BCUT2D eigenvalue weighted by atomic mass is 9.90. The molecule has 7 heteroatoms. The summed E-state index contributed by atoms with van der Waals surface area (Å²) in [5, 5.41) is 18.7. The van der Waals surface area contributed by atoms with Gasteiger partial charge in [-0.15, -0.1) is 0 Å². The molecule has 1 aliphatic carbocycles. The van der Waals surface area contributed by atoms with Crippen molar-refractivity contribution in [3.05, 3.63) is 41.7 Å². The smallest absolute Gasteiger partial charge is 0.257 e. The van der Waals surface area contributed by atoms with E-state index >= 15 is 0 Å². The van der Waals surface area contributed by atoms with Crippen molar-refractivity contribution in [3.63, 3.8) is 0 Å². The molecule has 1 aliphatic rings.